The average Bonchev–Trinajstić information content (AvgIpc) is 3.43. The van der Waals surface area contributed by atoms with Crippen molar-refractivity contribution in [3.63, 3.8) is 0 Å². The quantitative estimate of drug-likeness (QED) is 0.204. The number of benzene rings is 4. The third kappa shape index (κ3) is 5.34. The maximum absolute atomic E-state index is 12.9. The van der Waals surface area contributed by atoms with Crippen LogP contribution >= 0.6 is 0 Å². The monoisotopic (exact) mass is 550 g/mol. The highest BCUT2D eigenvalue weighted by Gasteiger charge is 2.18. The Morgan fingerprint density at radius 1 is 0.683 bits per heavy atom. The molecule has 2 amide bonds. The number of nitro groups is 2. The number of nitro benzene ring substituents is 2. The summed E-state index contributed by atoms with van der Waals surface area (Å²) in [6, 6.07) is 23.4. The number of hydrogen-bond acceptors (Lipinski definition) is 7. The maximum atomic E-state index is 12.9. The van der Waals surface area contributed by atoms with Crippen LogP contribution in [0.1, 0.15) is 20.7 Å². The van der Waals surface area contributed by atoms with Gasteiger partial charge in [0.25, 0.3) is 23.2 Å². The van der Waals surface area contributed by atoms with Crippen LogP contribution in [0.2, 0.25) is 0 Å². The number of carbonyl (C=O) groups excluding carboxylic acids is 2. The fourth-order valence-corrected chi connectivity index (χ4v) is 4.26. The standard InChI is InChI=1S/C29H22N6O6/c1-32(28(36)19-5-11-22(12-6-19)34(38)39)21-9-3-18(4-10-21)27-30-25-16-15-24(17-26(25)31-27)33(2)29(37)20-7-13-23(14-8-20)35(40)41/h3-17H,1-2H3,(H,30,31). The molecule has 0 saturated carbocycles. The number of aromatic nitrogens is 2. The van der Waals surface area contributed by atoms with Crippen LogP contribution in [0.25, 0.3) is 22.4 Å². The lowest BCUT2D eigenvalue weighted by Crippen LogP contribution is -2.26. The summed E-state index contributed by atoms with van der Waals surface area (Å²) in [5.41, 5.74) is 3.87. The molecule has 41 heavy (non-hydrogen) atoms. The van der Waals surface area contributed by atoms with Gasteiger partial charge in [0.1, 0.15) is 5.82 Å². The third-order valence-corrected chi connectivity index (χ3v) is 6.64. The molecule has 1 N–H and O–H groups in total. The van der Waals surface area contributed by atoms with E-state index >= 15 is 0 Å². The van der Waals surface area contributed by atoms with E-state index in [1.54, 1.807) is 44.4 Å². The Morgan fingerprint density at radius 2 is 1.15 bits per heavy atom. The number of fused-ring (bicyclic) bond motifs is 1. The Hall–Kier alpha value is -5.91. The molecule has 4 aromatic carbocycles. The second-order valence-electron chi connectivity index (χ2n) is 9.17. The van der Waals surface area contributed by atoms with Gasteiger partial charge in [-0.3, -0.25) is 29.8 Å². The van der Waals surface area contributed by atoms with E-state index in [-0.39, 0.29) is 23.2 Å². The summed E-state index contributed by atoms with van der Waals surface area (Å²) in [4.78, 5) is 57.3. The van der Waals surface area contributed by atoms with Gasteiger partial charge < -0.3 is 14.8 Å². The summed E-state index contributed by atoms with van der Waals surface area (Å²) in [5, 5.41) is 21.8. The van der Waals surface area contributed by atoms with Crippen molar-refractivity contribution >= 4 is 45.6 Å². The van der Waals surface area contributed by atoms with Crippen molar-refractivity contribution in [3.05, 3.63) is 122 Å². The second-order valence-corrected chi connectivity index (χ2v) is 9.17. The van der Waals surface area contributed by atoms with Crippen LogP contribution in [-0.2, 0) is 0 Å². The number of nitrogens with one attached hydrogen (secondary N) is 1. The van der Waals surface area contributed by atoms with Gasteiger partial charge in [0.05, 0.1) is 20.9 Å². The summed E-state index contributed by atoms with van der Waals surface area (Å²) in [5.74, 6) is -0.0318. The lowest BCUT2D eigenvalue weighted by Gasteiger charge is -2.17. The summed E-state index contributed by atoms with van der Waals surface area (Å²) < 4.78 is 0. The number of rotatable bonds is 7. The lowest BCUT2D eigenvalue weighted by molar-refractivity contribution is -0.385. The molecule has 0 spiro atoms. The van der Waals surface area contributed by atoms with Gasteiger partial charge in [-0.05, 0) is 66.7 Å². The van der Waals surface area contributed by atoms with Gasteiger partial charge in [-0.15, -0.1) is 0 Å². The van der Waals surface area contributed by atoms with Crippen LogP contribution < -0.4 is 9.80 Å². The van der Waals surface area contributed by atoms with Crippen molar-refractivity contribution in [1.82, 2.24) is 9.97 Å². The molecule has 0 unspecified atom stereocenters. The molecule has 1 aromatic heterocycles. The molecule has 5 aromatic rings. The van der Waals surface area contributed by atoms with Gasteiger partial charge in [0.2, 0.25) is 0 Å². The normalized spacial score (nSPS) is 10.8. The first-order valence-corrected chi connectivity index (χ1v) is 12.3. The molecule has 0 aliphatic carbocycles. The molecule has 0 bridgehead atoms. The van der Waals surface area contributed by atoms with E-state index in [0.29, 0.717) is 39.4 Å². The Kier molecular flexibility index (Phi) is 6.96. The minimum absolute atomic E-state index is 0.0887. The Balaban J connectivity index is 1.32. The highest BCUT2D eigenvalue weighted by Crippen LogP contribution is 2.27. The number of imidazole rings is 1. The number of H-pyrrole nitrogens is 1. The highest BCUT2D eigenvalue weighted by atomic mass is 16.6. The third-order valence-electron chi connectivity index (χ3n) is 6.64. The predicted molar refractivity (Wildman–Crippen MR) is 153 cm³/mol. The highest BCUT2D eigenvalue weighted by molar-refractivity contribution is 6.07. The van der Waals surface area contributed by atoms with Crippen molar-refractivity contribution in [2.24, 2.45) is 0 Å². The molecular formula is C29H22N6O6. The maximum Gasteiger partial charge on any atom is 0.269 e. The molecule has 0 aliphatic heterocycles. The molecule has 0 atom stereocenters. The molecule has 0 saturated heterocycles. The van der Waals surface area contributed by atoms with E-state index in [9.17, 15) is 29.8 Å². The van der Waals surface area contributed by atoms with Crippen LogP contribution in [0.5, 0.6) is 0 Å². The number of amides is 2. The van der Waals surface area contributed by atoms with E-state index in [1.807, 2.05) is 12.1 Å². The Bertz CT molecular complexity index is 1800. The summed E-state index contributed by atoms with van der Waals surface area (Å²) >= 11 is 0. The van der Waals surface area contributed by atoms with Crippen LogP contribution in [0.4, 0.5) is 22.7 Å². The van der Waals surface area contributed by atoms with Crippen LogP contribution in [-0.4, -0.2) is 45.7 Å². The molecule has 0 aliphatic rings. The molecule has 12 nitrogen and oxygen atoms in total. The molecule has 1 heterocycles. The second kappa shape index (κ2) is 10.7. The van der Waals surface area contributed by atoms with Crippen molar-refractivity contribution in [1.29, 1.82) is 0 Å². The van der Waals surface area contributed by atoms with E-state index < -0.39 is 9.85 Å². The minimum atomic E-state index is -0.519. The van der Waals surface area contributed by atoms with Gasteiger partial charge in [0.15, 0.2) is 0 Å². The van der Waals surface area contributed by atoms with Crippen LogP contribution in [0, 0.1) is 20.2 Å². The Morgan fingerprint density at radius 3 is 1.63 bits per heavy atom. The number of hydrogen-bond donors (Lipinski definition) is 1. The summed E-state index contributed by atoms with van der Waals surface area (Å²) in [6.45, 7) is 0. The molecule has 0 fully saturated rings. The number of aromatic amines is 1. The van der Waals surface area contributed by atoms with Crippen molar-refractivity contribution in [2.75, 3.05) is 23.9 Å². The number of carbonyl (C=O) groups is 2. The molecule has 0 radical (unpaired) electrons. The minimum Gasteiger partial charge on any atom is -0.338 e. The van der Waals surface area contributed by atoms with Crippen LogP contribution in [0.3, 0.4) is 0 Å². The van der Waals surface area contributed by atoms with E-state index in [2.05, 4.69) is 9.97 Å². The van der Waals surface area contributed by atoms with E-state index in [4.69, 9.17) is 0 Å². The van der Waals surface area contributed by atoms with Gasteiger partial charge in [0, 0.05) is 66.4 Å². The van der Waals surface area contributed by atoms with Gasteiger partial charge >= 0.3 is 0 Å². The number of nitrogens with zero attached hydrogens (tertiary/aromatic N) is 5. The zero-order chi connectivity index (χ0) is 29.3. The molecule has 5 rings (SSSR count). The van der Waals surface area contributed by atoms with Crippen LogP contribution in [0.15, 0.2) is 91.0 Å². The SMILES string of the molecule is CN(C(=O)c1ccc([N+](=O)[O-])cc1)c1ccc(-c2nc3ccc(N(C)C(=O)c4ccc([N+](=O)[O-])cc4)cc3[nH]2)cc1. The average molecular weight is 551 g/mol. The first-order valence-electron chi connectivity index (χ1n) is 12.3. The fraction of sp³-hybridized carbons (Fsp3) is 0.0690. The van der Waals surface area contributed by atoms with Crippen molar-refractivity contribution in [3.8, 4) is 11.4 Å². The largest absolute Gasteiger partial charge is 0.338 e. The van der Waals surface area contributed by atoms with E-state index in [0.717, 1.165) is 5.56 Å². The van der Waals surface area contributed by atoms with Gasteiger partial charge in [-0.2, -0.15) is 0 Å². The topological polar surface area (TPSA) is 156 Å². The fourth-order valence-electron chi connectivity index (χ4n) is 4.26. The summed E-state index contributed by atoms with van der Waals surface area (Å²) in [7, 11) is 3.24. The smallest absolute Gasteiger partial charge is 0.269 e. The molecular weight excluding hydrogens is 528 g/mol. The number of non-ortho nitro benzene ring substituents is 2. The zero-order valence-electron chi connectivity index (χ0n) is 21.8. The molecule has 204 valence electrons. The number of anilines is 2. The van der Waals surface area contributed by atoms with Gasteiger partial charge in [-0.1, -0.05) is 0 Å². The Labute approximate surface area is 232 Å². The summed E-state index contributed by atoms with van der Waals surface area (Å²) in [6.07, 6.45) is 0. The van der Waals surface area contributed by atoms with Crippen molar-refractivity contribution in [2.45, 2.75) is 0 Å². The van der Waals surface area contributed by atoms with Crippen molar-refractivity contribution < 1.29 is 19.4 Å². The first-order chi connectivity index (χ1) is 19.6. The van der Waals surface area contributed by atoms with E-state index in [1.165, 1.54) is 58.3 Å². The predicted octanol–water partition coefficient (Wildman–Crippen LogP) is 5.60. The lowest BCUT2D eigenvalue weighted by atomic mass is 10.1. The zero-order valence-corrected chi connectivity index (χ0v) is 21.8. The molecule has 12 heteroatoms. The first kappa shape index (κ1) is 26.7. The van der Waals surface area contributed by atoms with Gasteiger partial charge in [-0.25, -0.2) is 4.98 Å².